The number of benzene rings is 2. The molecule has 1 aliphatic heterocycles. The van der Waals surface area contributed by atoms with Crippen LogP contribution in [0, 0.1) is 0 Å². The van der Waals surface area contributed by atoms with Crippen LogP contribution in [0.4, 0.5) is 36.4 Å². The lowest BCUT2D eigenvalue weighted by Gasteiger charge is -2.32. The number of carbonyl (C=O) groups is 2. The van der Waals surface area contributed by atoms with E-state index >= 15 is 0 Å². The van der Waals surface area contributed by atoms with Gasteiger partial charge in [0.25, 0.3) is 11.5 Å². The van der Waals surface area contributed by atoms with Crippen molar-refractivity contribution in [2.45, 2.75) is 48.8 Å². The number of anilines is 1. The van der Waals surface area contributed by atoms with Crippen molar-refractivity contribution in [2.75, 3.05) is 17.7 Å². The highest BCUT2D eigenvalue weighted by Crippen LogP contribution is 2.50. The minimum atomic E-state index is -6.09. The molecular weight excluding hydrogens is 549 g/mol. The zero-order valence-corrected chi connectivity index (χ0v) is 20.3. The fraction of sp³-hybridized carbons (Fsp3) is 0.391. The van der Waals surface area contributed by atoms with E-state index < -0.39 is 64.3 Å². The highest BCUT2D eigenvalue weighted by Gasteiger charge is 2.71. The van der Waals surface area contributed by atoms with Crippen LogP contribution in [0.1, 0.15) is 36.1 Å². The maximum atomic E-state index is 13.1. The second-order valence-corrected chi connectivity index (χ2v) is 10.7. The summed E-state index contributed by atoms with van der Waals surface area (Å²) in [6.07, 6.45) is -12.8. The first-order valence-corrected chi connectivity index (χ1v) is 12.6. The van der Waals surface area contributed by atoms with E-state index in [1.807, 2.05) is 0 Å². The van der Waals surface area contributed by atoms with Crippen molar-refractivity contribution >= 4 is 27.3 Å². The standard InChI is InChI=1S/C23H21F7N2O5S/c1-2-38(36,37)16-7-8-17-13(11-16)12-32(18(33)9-10-24)19(17)20(34)31-15-5-3-14(4-6-15)21(35,22(25,26)27)23(28,29)30/h3-8,11,19,35H,2,9-10,12H2,1H3,(H,31,34). The lowest BCUT2D eigenvalue weighted by atomic mass is 9.92. The first-order valence-electron chi connectivity index (χ1n) is 11.0. The molecule has 38 heavy (non-hydrogen) atoms. The van der Waals surface area contributed by atoms with Crippen LogP contribution in [-0.4, -0.2) is 55.0 Å². The SMILES string of the molecule is CCS(=O)(=O)c1ccc2c(c1)CN(C(=O)CCF)C2C(=O)Nc1ccc(C(O)(C(F)(F)F)C(F)(F)F)cc1. The number of sulfone groups is 1. The number of fused-ring (bicyclic) bond motifs is 1. The topological polar surface area (TPSA) is 104 Å². The minimum Gasteiger partial charge on any atom is -0.369 e. The van der Waals surface area contributed by atoms with Crippen molar-refractivity contribution < 1.29 is 53.8 Å². The van der Waals surface area contributed by atoms with Gasteiger partial charge in [0.2, 0.25) is 5.91 Å². The molecular formula is C23H21F7N2O5S. The first-order chi connectivity index (χ1) is 17.5. The van der Waals surface area contributed by atoms with E-state index in [0.29, 0.717) is 29.8 Å². The fourth-order valence-electron chi connectivity index (χ4n) is 4.02. The van der Waals surface area contributed by atoms with Gasteiger partial charge >= 0.3 is 12.4 Å². The van der Waals surface area contributed by atoms with Crippen molar-refractivity contribution in [2.24, 2.45) is 0 Å². The third-order valence-corrected chi connectivity index (χ3v) is 7.80. The maximum absolute atomic E-state index is 13.1. The molecule has 0 spiro atoms. The summed E-state index contributed by atoms with van der Waals surface area (Å²) in [7, 11) is -3.64. The molecule has 0 saturated heterocycles. The zero-order valence-electron chi connectivity index (χ0n) is 19.5. The zero-order chi connectivity index (χ0) is 28.7. The summed E-state index contributed by atoms with van der Waals surface area (Å²) in [6, 6.07) is 4.52. The Bertz CT molecular complexity index is 1310. The average Bonchev–Trinajstić information content (AvgIpc) is 3.22. The quantitative estimate of drug-likeness (QED) is 0.487. The Morgan fingerprint density at radius 3 is 2.11 bits per heavy atom. The van der Waals surface area contributed by atoms with Gasteiger partial charge in [-0.2, -0.15) is 26.3 Å². The second kappa shape index (κ2) is 10.2. The Morgan fingerprint density at radius 1 is 1.03 bits per heavy atom. The van der Waals surface area contributed by atoms with Crippen LogP contribution < -0.4 is 5.32 Å². The van der Waals surface area contributed by atoms with Crippen LogP contribution in [0.3, 0.4) is 0 Å². The fourth-order valence-corrected chi connectivity index (χ4v) is 4.95. The van der Waals surface area contributed by atoms with Gasteiger partial charge in [-0.15, -0.1) is 0 Å². The Morgan fingerprint density at radius 2 is 1.61 bits per heavy atom. The van der Waals surface area contributed by atoms with Gasteiger partial charge in [0.1, 0.15) is 6.04 Å². The Balaban J connectivity index is 1.95. The van der Waals surface area contributed by atoms with E-state index in [1.54, 1.807) is 0 Å². The summed E-state index contributed by atoms with van der Waals surface area (Å²) in [6.45, 7) is 0.145. The molecule has 0 bridgehead atoms. The third-order valence-electron chi connectivity index (χ3n) is 6.07. The van der Waals surface area contributed by atoms with E-state index in [0.717, 1.165) is 4.90 Å². The van der Waals surface area contributed by atoms with Crippen molar-refractivity contribution in [1.29, 1.82) is 0 Å². The molecule has 0 aliphatic carbocycles. The van der Waals surface area contributed by atoms with Gasteiger partial charge in [-0.25, -0.2) is 8.42 Å². The maximum Gasteiger partial charge on any atom is 0.430 e. The predicted octanol–water partition coefficient (Wildman–Crippen LogP) is 4.17. The molecule has 15 heteroatoms. The summed E-state index contributed by atoms with van der Waals surface area (Å²) in [5, 5.41) is 11.8. The van der Waals surface area contributed by atoms with E-state index in [4.69, 9.17) is 0 Å². The van der Waals surface area contributed by atoms with Gasteiger partial charge < -0.3 is 15.3 Å². The van der Waals surface area contributed by atoms with Gasteiger partial charge in [-0.1, -0.05) is 25.1 Å². The van der Waals surface area contributed by atoms with Crippen LogP contribution in [0.25, 0.3) is 0 Å². The van der Waals surface area contributed by atoms with Gasteiger partial charge in [0.15, 0.2) is 9.84 Å². The van der Waals surface area contributed by atoms with E-state index in [9.17, 15) is 53.8 Å². The summed E-state index contributed by atoms with van der Waals surface area (Å²) in [5.41, 5.74) is -6.44. The van der Waals surface area contributed by atoms with Crippen LogP contribution in [0.5, 0.6) is 0 Å². The molecule has 1 unspecified atom stereocenters. The highest BCUT2D eigenvalue weighted by atomic mass is 32.2. The summed E-state index contributed by atoms with van der Waals surface area (Å²) >= 11 is 0. The van der Waals surface area contributed by atoms with E-state index in [-0.39, 0.29) is 28.4 Å². The monoisotopic (exact) mass is 570 g/mol. The molecule has 2 aromatic carbocycles. The number of aliphatic hydroxyl groups is 1. The van der Waals surface area contributed by atoms with Gasteiger partial charge in [-0.3, -0.25) is 14.0 Å². The number of nitrogens with one attached hydrogen (secondary N) is 1. The molecule has 0 radical (unpaired) electrons. The lowest BCUT2D eigenvalue weighted by Crippen LogP contribution is -2.53. The lowest BCUT2D eigenvalue weighted by molar-refractivity contribution is -0.376. The van der Waals surface area contributed by atoms with Crippen molar-refractivity contribution in [1.82, 2.24) is 4.90 Å². The average molecular weight is 570 g/mol. The van der Waals surface area contributed by atoms with Gasteiger partial charge in [0.05, 0.1) is 23.7 Å². The van der Waals surface area contributed by atoms with Crippen molar-refractivity contribution in [3.05, 3.63) is 59.2 Å². The third kappa shape index (κ3) is 5.21. The summed E-state index contributed by atoms with van der Waals surface area (Å²) in [5.74, 6) is -1.93. The Labute approximate surface area is 212 Å². The molecule has 1 aliphatic rings. The van der Waals surface area contributed by atoms with E-state index in [2.05, 4.69) is 5.32 Å². The molecule has 2 N–H and O–H groups in total. The molecule has 0 saturated carbocycles. The smallest absolute Gasteiger partial charge is 0.369 e. The number of carbonyl (C=O) groups excluding carboxylic acids is 2. The normalized spacial score (nSPS) is 16.3. The Kier molecular flexibility index (Phi) is 7.86. The number of rotatable bonds is 7. The van der Waals surface area contributed by atoms with Crippen LogP contribution >= 0.6 is 0 Å². The first kappa shape index (κ1) is 29.4. The predicted molar refractivity (Wildman–Crippen MR) is 119 cm³/mol. The van der Waals surface area contributed by atoms with Crippen LogP contribution in [0.2, 0.25) is 0 Å². The van der Waals surface area contributed by atoms with Crippen LogP contribution in [0.15, 0.2) is 47.4 Å². The van der Waals surface area contributed by atoms with Gasteiger partial charge in [-0.05, 0) is 35.4 Å². The molecule has 1 atom stereocenters. The highest BCUT2D eigenvalue weighted by molar-refractivity contribution is 7.91. The van der Waals surface area contributed by atoms with E-state index in [1.165, 1.54) is 25.1 Å². The molecule has 2 aromatic rings. The molecule has 2 amide bonds. The Hall–Kier alpha value is -3.20. The molecule has 0 fully saturated rings. The number of hydrogen-bond acceptors (Lipinski definition) is 5. The number of halogens is 7. The summed E-state index contributed by atoms with van der Waals surface area (Å²) < 4.78 is 116. The number of alkyl halides is 7. The minimum absolute atomic E-state index is 0.0601. The number of amides is 2. The van der Waals surface area contributed by atoms with Crippen molar-refractivity contribution in [3.8, 4) is 0 Å². The molecule has 208 valence electrons. The van der Waals surface area contributed by atoms with Crippen molar-refractivity contribution in [3.63, 3.8) is 0 Å². The summed E-state index contributed by atoms with van der Waals surface area (Å²) in [4.78, 5) is 26.5. The molecule has 7 nitrogen and oxygen atoms in total. The molecule has 3 rings (SSSR count). The second-order valence-electron chi connectivity index (χ2n) is 8.40. The number of nitrogens with zero attached hydrogens (tertiary/aromatic N) is 1. The van der Waals surface area contributed by atoms with Crippen LogP contribution in [-0.2, 0) is 31.6 Å². The number of hydrogen-bond donors (Lipinski definition) is 2. The van der Waals surface area contributed by atoms with Gasteiger partial charge in [0, 0.05) is 17.8 Å². The largest absolute Gasteiger partial charge is 0.430 e. The molecule has 0 aromatic heterocycles. The molecule has 1 heterocycles.